The normalized spacial score (nSPS) is 10.2. The molecule has 0 fully saturated rings. The van der Waals surface area contributed by atoms with Gasteiger partial charge in [0.1, 0.15) is 5.82 Å². The van der Waals surface area contributed by atoms with E-state index in [2.05, 4.69) is 5.32 Å². The molecule has 2 aromatic rings. The number of hydrogen-bond acceptors (Lipinski definition) is 4. The van der Waals surface area contributed by atoms with Crippen LogP contribution >= 0.6 is 0 Å². The molecule has 27 heavy (non-hydrogen) atoms. The molecule has 144 valence electrons. The molecular weight excluding hydrogens is 351 g/mol. The summed E-state index contributed by atoms with van der Waals surface area (Å²) in [5.41, 5.74) is 1.28. The van der Waals surface area contributed by atoms with E-state index in [1.165, 1.54) is 30.0 Å². The number of hydrogen-bond donors (Lipinski definition) is 1. The number of benzene rings is 2. The fraction of sp³-hybridized carbons (Fsp3) is 0.300. The molecular formula is C20H23FN2O4. The molecule has 2 amide bonds. The van der Waals surface area contributed by atoms with E-state index in [4.69, 9.17) is 9.47 Å². The second-order valence-electron chi connectivity index (χ2n) is 5.87. The zero-order valence-corrected chi connectivity index (χ0v) is 15.6. The molecule has 0 radical (unpaired) electrons. The van der Waals surface area contributed by atoms with Crippen molar-refractivity contribution in [3.63, 3.8) is 0 Å². The van der Waals surface area contributed by atoms with Crippen LogP contribution in [0.5, 0.6) is 11.5 Å². The molecule has 0 aliphatic rings. The van der Waals surface area contributed by atoms with Crippen molar-refractivity contribution in [2.45, 2.75) is 19.9 Å². The highest BCUT2D eigenvalue weighted by Crippen LogP contribution is 2.27. The first-order valence-corrected chi connectivity index (χ1v) is 8.46. The van der Waals surface area contributed by atoms with Gasteiger partial charge in [-0.25, -0.2) is 4.39 Å². The van der Waals surface area contributed by atoms with Gasteiger partial charge in [0, 0.05) is 32.1 Å². The predicted molar refractivity (Wildman–Crippen MR) is 100 cm³/mol. The minimum absolute atomic E-state index is 0.101. The van der Waals surface area contributed by atoms with Gasteiger partial charge in [0.15, 0.2) is 11.5 Å². The van der Waals surface area contributed by atoms with E-state index in [1.54, 1.807) is 32.4 Å². The Balaban J connectivity index is 1.92. The monoisotopic (exact) mass is 374 g/mol. The average molecular weight is 374 g/mol. The largest absolute Gasteiger partial charge is 0.493 e. The Hall–Kier alpha value is -3.09. The zero-order chi connectivity index (χ0) is 19.8. The number of carbonyl (C=O) groups excluding carboxylic acids is 2. The van der Waals surface area contributed by atoms with Crippen LogP contribution in [0.15, 0.2) is 42.5 Å². The summed E-state index contributed by atoms with van der Waals surface area (Å²) in [6.07, 6.45) is 0.101. The molecule has 2 rings (SSSR count). The van der Waals surface area contributed by atoms with Gasteiger partial charge >= 0.3 is 0 Å². The van der Waals surface area contributed by atoms with Crippen LogP contribution in [0.1, 0.15) is 18.9 Å². The highest BCUT2D eigenvalue weighted by molar-refractivity contribution is 5.92. The lowest BCUT2D eigenvalue weighted by atomic mass is 10.2. The molecule has 0 unspecified atom stereocenters. The van der Waals surface area contributed by atoms with Crippen molar-refractivity contribution in [1.82, 2.24) is 5.32 Å². The Labute approximate surface area is 157 Å². The van der Waals surface area contributed by atoms with Gasteiger partial charge in [-0.15, -0.1) is 0 Å². The summed E-state index contributed by atoms with van der Waals surface area (Å²) in [4.78, 5) is 25.3. The van der Waals surface area contributed by atoms with E-state index < -0.39 is 5.82 Å². The Morgan fingerprint density at radius 2 is 1.81 bits per heavy atom. The first-order chi connectivity index (χ1) is 12.9. The molecule has 0 aromatic heterocycles. The number of anilines is 1. The number of halogens is 1. The summed E-state index contributed by atoms with van der Waals surface area (Å²) in [6.45, 7) is 1.86. The number of carbonyl (C=O) groups is 2. The first-order valence-electron chi connectivity index (χ1n) is 8.46. The van der Waals surface area contributed by atoms with Crippen LogP contribution < -0.4 is 19.7 Å². The maximum absolute atomic E-state index is 13.4. The van der Waals surface area contributed by atoms with E-state index in [9.17, 15) is 14.0 Å². The standard InChI is InChI=1S/C20H23FN2O4/c1-14(24)23(17-6-4-5-16(21)12-17)10-9-20(25)22-13-15-7-8-18(26-2)19(11-15)27-3/h4-8,11-12H,9-10,13H2,1-3H3,(H,22,25). The highest BCUT2D eigenvalue weighted by Gasteiger charge is 2.14. The van der Waals surface area contributed by atoms with Crippen molar-refractivity contribution in [1.29, 1.82) is 0 Å². The topological polar surface area (TPSA) is 67.9 Å². The Morgan fingerprint density at radius 1 is 1.07 bits per heavy atom. The third kappa shape index (κ3) is 5.70. The molecule has 2 aromatic carbocycles. The Kier molecular flexibility index (Phi) is 7.16. The van der Waals surface area contributed by atoms with E-state index >= 15 is 0 Å². The molecule has 0 bridgehead atoms. The van der Waals surface area contributed by atoms with Crippen molar-refractivity contribution in [2.24, 2.45) is 0 Å². The lowest BCUT2D eigenvalue weighted by Gasteiger charge is -2.21. The molecule has 0 aliphatic heterocycles. The number of rotatable bonds is 8. The smallest absolute Gasteiger partial charge is 0.223 e. The maximum atomic E-state index is 13.4. The van der Waals surface area contributed by atoms with Gasteiger partial charge in [-0.1, -0.05) is 12.1 Å². The van der Waals surface area contributed by atoms with Gasteiger partial charge in [-0.2, -0.15) is 0 Å². The van der Waals surface area contributed by atoms with Gasteiger partial charge in [-0.05, 0) is 35.9 Å². The Morgan fingerprint density at radius 3 is 2.44 bits per heavy atom. The lowest BCUT2D eigenvalue weighted by Crippen LogP contribution is -2.33. The summed E-state index contributed by atoms with van der Waals surface area (Å²) in [5, 5.41) is 2.80. The molecule has 0 spiro atoms. The summed E-state index contributed by atoms with van der Waals surface area (Å²) >= 11 is 0. The summed E-state index contributed by atoms with van der Waals surface area (Å²) < 4.78 is 23.8. The molecule has 1 N–H and O–H groups in total. The third-order valence-corrected chi connectivity index (χ3v) is 4.00. The predicted octanol–water partition coefficient (Wildman–Crippen LogP) is 2.90. The van der Waals surface area contributed by atoms with Crippen molar-refractivity contribution in [3.05, 3.63) is 53.8 Å². The molecule has 0 atom stereocenters. The molecule has 0 saturated heterocycles. The maximum Gasteiger partial charge on any atom is 0.223 e. The van der Waals surface area contributed by atoms with Crippen molar-refractivity contribution in [3.8, 4) is 11.5 Å². The minimum Gasteiger partial charge on any atom is -0.493 e. The van der Waals surface area contributed by atoms with E-state index in [1.807, 2.05) is 6.07 Å². The number of methoxy groups -OCH3 is 2. The van der Waals surface area contributed by atoms with Crippen LogP contribution in [0.25, 0.3) is 0 Å². The van der Waals surface area contributed by atoms with Crippen LogP contribution in [0.3, 0.4) is 0 Å². The van der Waals surface area contributed by atoms with E-state index in [-0.39, 0.29) is 24.8 Å². The summed E-state index contributed by atoms with van der Waals surface area (Å²) in [6, 6.07) is 11.1. The second-order valence-corrected chi connectivity index (χ2v) is 5.87. The van der Waals surface area contributed by atoms with Gasteiger partial charge in [0.2, 0.25) is 11.8 Å². The van der Waals surface area contributed by atoms with Crippen molar-refractivity contribution >= 4 is 17.5 Å². The van der Waals surface area contributed by atoms with Gasteiger partial charge in [0.25, 0.3) is 0 Å². The molecule has 0 saturated carbocycles. The van der Waals surface area contributed by atoms with Gasteiger partial charge in [-0.3, -0.25) is 9.59 Å². The highest BCUT2D eigenvalue weighted by atomic mass is 19.1. The summed E-state index contributed by atoms with van der Waals surface area (Å²) in [5.74, 6) is 0.287. The van der Waals surface area contributed by atoms with Crippen molar-refractivity contribution in [2.75, 3.05) is 25.7 Å². The van der Waals surface area contributed by atoms with Crippen LogP contribution in [0.4, 0.5) is 10.1 Å². The fourth-order valence-electron chi connectivity index (χ4n) is 2.61. The van der Waals surface area contributed by atoms with Crippen molar-refractivity contribution < 1.29 is 23.5 Å². The van der Waals surface area contributed by atoms with Gasteiger partial charge < -0.3 is 19.7 Å². The first kappa shape index (κ1) is 20.2. The number of nitrogens with one attached hydrogen (secondary N) is 1. The quantitative estimate of drug-likeness (QED) is 0.772. The van der Waals surface area contributed by atoms with Crippen LogP contribution in [0, 0.1) is 5.82 Å². The van der Waals surface area contributed by atoms with E-state index in [0.29, 0.717) is 23.7 Å². The SMILES string of the molecule is COc1ccc(CNC(=O)CCN(C(C)=O)c2cccc(F)c2)cc1OC. The lowest BCUT2D eigenvalue weighted by molar-refractivity contribution is -0.121. The molecule has 0 heterocycles. The van der Waals surface area contributed by atoms with E-state index in [0.717, 1.165) is 5.56 Å². The average Bonchev–Trinajstić information content (AvgIpc) is 2.66. The molecule has 7 heteroatoms. The van der Waals surface area contributed by atoms with Gasteiger partial charge in [0.05, 0.1) is 14.2 Å². The minimum atomic E-state index is -0.434. The van der Waals surface area contributed by atoms with Crippen LogP contribution in [0.2, 0.25) is 0 Å². The van der Waals surface area contributed by atoms with Crippen LogP contribution in [-0.2, 0) is 16.1 Å². The Bertz CT molecular complexity index is 810. The number of ether oxygens (including phenoxy) is 2. The molecule has 6 nitrogen and oxygen atoms in total. The van der Waals surface area contributed by atoms with Crippen LogP contribution in [-0.4, -0.2) is 32.6 Å². The zero-order valence-electron chi connectivity index (χ0n) is 15.6. The fourth-order valence-corrected chi connectivity index (χ4v) is 2.61. The second kappa shape index (κ2) is 9.56. The third-order valence-electron chi connectivity index (χ3n) is 4.00. The number of amides is 2. The molecule has 0 aliphatic carbocycles. The number of nitrogens with zero attached hydrogens (tertiary/aromatic N) is 1. The summed E-state index contributed by atoms with van der Waals surface area (Å²) in [7, 11) is 3.10.